The first-order valence-electron chi connectivity index (χ1n) is 3.58. The van der Waals surface area contributed by atoms with E-state index in [4.69, 9.17) is 10.4 Å². The molecule has 0 spiro atoms. The van der Waals surface area contributed by atoms with Crippen LogP contribution in [0.2, 0.25) is 0 Å². The van der Waals surface area contributed by atoms with Gasteiger partial charge in [0.15, 0.2) is 5.44 Å². The first kappa shape index (κ1) is 14.6. The van der Waals surface area contributed by atoms with Crippen LogP contribution in [0.15, 0.2) is 24.3 Å². The van der Waals surface area contributed by atoms with Gasteiger partial charge in [0.05, 0.1) is 11.6 Å². The van der Waals surface area contributed by atoms with E-state index in [0.717, 1.165) is 0 Å². The summed E-state index contributed by atoms with van der Waals surface area (Å²) in [6.07, 6.45) is 0. The molecule has 0 aliphatic rings. The Morgan fingerprint density at radius 3 is 2.13 bits per heavy atom. The van der Waals surface area contributed by atoms with Crippen LogP contribution in [0, 0.1) is 11.3 Å². The van der Waals surface area contributed by atoms with Crippen molar-refractivity contribution in [2.24, 2.45) is 0 Å². The third-order valence-corrected chi connectivity index (χ3v) is 2.42. The minimum Gasteiger partial charge on any atom is -0.746 e. The second-order valence-electron chi connectivity index (χ2n) is 2.58. The maximum Gasteiger partial charge on any atom is 1.00 e. The van der Waals surface area contributed by atoms with Gasteiger partial charge in [0.25, 0.3) is 0 Å². The molecule has 0 aliphatic heterocycles. The van der Waals surface area contributed by atoms with Crippen molar-refractivity contribution in [3.05, 3.63) is 35.4 Å². The molecule has 0 saturated carbocycles. The quantitative estimate of drug-likeness (QED) is 0.437. The van der Waals surface area contributed by atoms with E-state index in [1.807, 2.05) is 6.07 Å². The SMILES string of the molecule is N#Cc1ccc(C(O)S(=O)(=O)[O-])cc1.[Na+]. The molecule has 1 aromatic rings. The number of nitriles is 1. The Balaban J connectivity index is 0.00000196. The number of hydrogen-bond acceptors (Lipinski definition) is 5. The Morgan fingerprint density at radius 1 is 1.33 bits per heavy atom. The summed E-state index contributed by atoms with van der Waals surface area (Å²) < 4.78 is 31.2. The number of aliphatic hydroxyl groups excluding tert-OH is 1. The minimum absolute atomic E-state index is 0. The molecule has 0 radical (unpaired) electrons. The number of rotatable bonds is 2. The normalized spacial score (nSPS) is 12.3. The molecular formula is C8H6NNaO4S. The Kier molecular flexibility index (Phi) is 5.45. The van der Waals surface area contributed by atoms with Gasteiger partial charge in [-0.05, 0) is 17.7 Å². The van der Waals surface area contributed by atoms with Crippen molar-refractivity contribution in [3.8, 4) is 6.07 Å². The number of hydrogen-bond donors (Lipinski definition) is 1. The third kappa shape index (κ3) is 3.91. The van der Waals surface area contributed by atoms with E-state index in [9.17, 15) is 13.0 Å². The summed E-state index contributed by atoms with van der Waals surface area (Å²) in [5, 5.41) is 17.5. The second kappa shape index (κ2) is 5.61. The Labute approximate surface area is 109 Å². The summed E-state index contributed by atoms with van der Waals surface area (Å²) >= 11 is 0. The summed E-state index contributed by atoms with van der Waals surface area (Å²) in [7, 11) is -4.75. The average Bonchev–Trinajstić information content (AvgIpc) is 2.15. The zero-order chi connectivity index (χ0) is 10.8. The van der Waals surface area contributed by atoms with Gasteiger partial charge in [0.1, 0.15) is 10.1 Å². The molecule has 1 N–H and O–H groups in total. The molecule has 0 aromatic heterocycles. The van der Waals surface area contributed by atoms with Gasteiger partial charge in [-0.25, -0.2) is 8.42 Å². The smallest absolute Gasteiger partial charge is 0.746 e. The van der Waals surface area contributed by atoms with E-state index < -0.39 is 15.6 Å². The molecule has 1 atom stereocenters. The van der Waals surface area contributed by atoms with E-state index in [0.29, 0.717) is 5.56 Å². The standard InChI is InChI=1S/C8H7NO4S.Na/c9-5-6-1-3-7(4-2-6)8(10)14(11,12)13;/h1-4,8,10H,(H,11,12,13);/q;+1/p-1. The Hall–Kier alpha value is -0.420. The van der Waals surface area contributed by atoms with Crippen LogP contribution in [0.4, 0.5) is 0 Å². The maximum absolute atomic E-state index is 10.4. The van der Waals surface area contributed by atoms with E-state index in [1.165, 1.54) is 24.3 Å². The monoisotopic (exact) mass is 235 g/mol. The molecule has 5 nitrogen and oxygen atoms in total. The zero-order valence-corrected chi connectivity index (χ0v) is 10.7. The number of aliphatic hydroxyl groups is 1. The van der Waals surface area contributed by atoms with Gasteiger partial charge in [-0.15, -0.1) is 0 Å². The molecule has 0 fully saturated rings. The fourth-order valence-electron chi connectivity index (χ4n) is 0.889. The van der Waals surface area contributed by atoms with Crippen LogP contribution in [0.25, 0.3) is 0 Å². The van der Waals surface area contributed by atoms with E-state index in [-0.39, 0.29) is 35.1 Å². The van der Waals surface area contributed by atoms with Crippen LogP contribution in [-0.4, -0.2) is 18.1 Å². The molecule has 7 heteroatoms. The largest absolute Gasteiger partial charge is 1.00 e. The van der Waals surface area contributed by atoms with Gasteiger partial charge in [-0.1, -0.05) is 12.1 Å². The molecule has 0 amide bonds. The molecule has 1 rings (SSSR count). The van der Waals surface area contributed by atoms with Crippen molar-refractivity contribution in [1.29, 1.82) is 5.26 Å². The van der Waals surface area contributed by atoms with Crippen LogP contribution in [0.5, 0.6) is 0 Å². The topological polar surface area (TPSA) is 101 Å². The van der Waals surface area contributed by atoms with Crippen molar-refractivity contribution < 1.29 is 47.6 Å². The predicted molar refractivity (Wildman–Crippen MR) is 45.8 cm³/mol. The number of benzene rings is 1. The average molecular weight is 235 g/mol. The summed E-state index contributed by atoms with van der Waals surface area (Å²) in [4.78, 5) is 0. The van der Waals surface area contributed by atoms with Crippen LogP contribution < -0.4 is 29.6 Å². The van der Waals surface area contributed by atoms with Gasteiger partial charge < -0.3 is 9.66 Å². The molecule has 0 heterocycles. The van der Waals surface area contributed by atoms with Crippen LogP contribution in [-0.2, 0) is 10.1 Å². The number of nitrogens with zero attached hydrogens (tertiary/aromatic N) is 1. The van der Waals surface area contributed by atoms with Gasteiger partial charge >= 0.3 is 29.6 Å². The van der Waals surface area contributed by atoms with Crippen molar-refractivity contribution >= 4 is 10.1 Å². The van der Waals surface area contributed by atoms with Crippen molar-refractivity contribution in [3.63, 3.8) is 0 Å². The van der Waals surface area contributed by atoms with Gasteiger partial charge in [0, 0.05) is 0 Å². The van der Waals surface area contributed by atoms with Crippen LogP contribution in [0.3, 0.4) is 0 Å². The van der Waals surface area contributed by atoms with Crippen molar-refractivity contribution in [1.82, 2.24) is 0 Å². The Morgan fingerprint density at radius 2 is 1.80 bits per heavy atom. The first-order valence-corrected chi connectivity index (χ1v) is 5.05. The van der Waals surface area contributed by atoms with E-state index in [2.05, 4.69) is 0 Å². The summed E-state index contributed by atoms with van der Waals surface area (Å²) in [5.74, 6) is 0. The van der Waals surface area contributed by atoms with Crippen LogP contribution >= 0.6 is 0 Å². The zero-order valence-electron chi connectivity index (χ0n) is 7.91. The predicted octanol–water partition coefficient (Wildman–Crippen LogP) is -2.90. The third-order valence-electron chi connectivity index (χ3n) is 1.60. The fourth-order valence-corrected chi connectivity index (χ4v) is 1.38. The molecule has 1 aromatic carbocycles. The van der Waals surface area contributed by atoms with Crippen molar-refractivity contribution in [2.45, 2.75) is 5.44 Å². The van der Waals surface area contributed by atoms with Gasteiger partial charge in [0.2, 0.25) is 0 Å². The molecular weight excluding hydrogens is 229 g/mol. The molecule has 74 valence electrons. The van der Waals surface area contributed by atoms with E-state index >= 15 is 0 Å². The first-order chi connectivity index (χ1) is 6.45. The van der Waals surface area contributed by atoms with Crippen LogP contribution in [0.1, 0.15) is 16.6 Å². The molecule has 1 unspecified atom stereocenters. The van der Waals surface area contributed by atoms with Crippen molar-refractivity contribution in [2.75, 3.05) is 0 Å². The second-order valence-corrected chi connectivity index (χ2v) is 4.01. The molecule has 0 saturated heterocycles. The fraction of sp³-hybridized carbons (Fsp3) is 0.125. The summed E-state index contributed by atoms with van der Waals surface area (Å²) in [6.45, 7) is 0. The molecule has 0 bridgehead atoms. The minimum atomic E-state index is -4.75. The van der Waals surface area contributed by atoms with Gasteiger partial charge in [-0.3, -0.25) is 0 Å². The van der Waals surface area contributed by atoms with E-state index in [1.54, 1.807) is 0 Å². The Bertz CT molecular complexity index is 462. The molecule has 0 aliphatic carbocycles. The van der Waals surface area contributed by atoms with Gasteiger partial charge in [-0.2, -0.15) is 5.26 Å². The maximum atomic E-state index is 10.4. The summed E-state index contributed by atoms with van der Waals surface area (Å²) in [6, 6.07) is 6.91. The summed E-state index contributed by atoms with van der Waals surface area (Å²) in [5.41, 5.74) is -1.79. The molecule has 15 heavy (non-hydrogen) atoms.